The molecule has 0 radical (unpaired) electrons. The van der Waals surface area contributed by atoms with Gasteiger partial charge in [-0.05, 0) is 18.1 Å². The van der Waals surface area contributed by atoms with Crippen molar-refractivity contribution in [2.75, 3.05) is 6.61 Å². The molecule has 0 amide bonds. The Labute approximate surface area is 102 Å². The van der Waals surface area contributed by atoms with Crippen LogP contribution in [0.3, 0.4) is 0 Å². The molecular formula is C12H17ClN2O. The van der Waals surface area contributed by atoms with Gasteiger partial charge in [0.1, 0.15) is 12.2 Å². The Hall–Kier alpha value is -1.06. The minimum atomic E-state index is 0. The predicted octanol–water partition coefficient (Wildman–Crippen LogP) is -1.58. The molecule has 2 aromatic heterocycles. The highest BCUT2D eigenvalue weighted by molar-refractivity contribution is 5.41. The summed E-state index contributed by atoms with van der Waals surface area (Å²) in [5.41, 5.74) is 1.15. The lowest BCUT2D eigenvalue weighted by molar-refractivity contribution is -0.729. The van der Waals surface area contributed by atoms with Gasteiger partial charge in [-0.25, -0.2) is 8.97 Å². The fourth-order valence-electron chi connectivity index (χ4n) is 1.84. The van der Waals surface area contributed by atoms with Gasteiger partial charge >= 0.3 is 0 Å². The van der Waals surface area contributed by atoms with Gasteiger partial charge in [-0.2, -0.15) is 0 Å². The summed E-state index contributed by atoms with van der Waals surface area (Å²) in [7, 11) is 0. The monoisotopic (exact) mass is 240 g/mol. The van der Waals surface area contributed by atoms with Crippen LogP contribution in [0, 0.1) is 5.92 Å². The van der Waals surface area contributed by atoms with Gasteiger partial charge in [-0.15, -0.1) is 0 Å². The highest BCUT2D eigenvalue weighted by atomic mass is 35.5. The molecule has 0 spiro atoms. The summed E-state index contributed by atoms with van der Waals surface area (Å²) in [5.74, 6) is 0.428. The van der Waals surface area contributed by atoms with E-state index in [9.17, 15) is 5.11 Å². The van der Waals surface area contributed by atoms with Crippen LogP contribution in [0.25, 0.3) is 5.52 Å². The first-order valence-corrected chi connectivity index (χ1v) is 5.30. The van der Waals surface area contributed by atoms with Crippen LogP contribution in [0.2, 0.25) is 0 Å². The van der Waals surface area contributed by atoms with E-state index in [0.717, 1.165) is 5.52 Å². The van der Waals surface area contributed by atoms with Gasteiger partial charge in [0.2, 0.25) is 6.33 Å². The van der Waals surface area contributed by atoms with Crippen LogP contribution in [0.15, 0.2) is 36.9 Å². The van der Waals surface area contributed by atoms with Crippen LogP contribution in [0.4, 0.5) is 0 Å². The first kappa shape index (κ1) is 13.0. The average molecular weight is 241 g/mol. The molecule has 0 aliphatic heterocycles. The van der Waals surface area contributed by atoms with Crippen LogP contribution in [-0.4, -0.2) is 16.1 Å². The number of fused-ring (bicyclic) bond motifs is 1. The lowest BCUT2D eigenvalue weighted by atomic mass is 10.1. The summed E-state index contributed by atoms with van der Waals surface area (Å²) < 4.78 is 4.14. The maximum absolute atomic E-state index is 9.34. The fraction of sp³-hybridized carbons (Fsp3) is 0.417. The molecule has 1 atom stereocenters. The van der Waals surface area contributed by atoms with Crippen LogP contribution >= 0.6 is 0 Å². The van der Waals surface area contributed by atoms with Gasteiger partial charge in [-0.1, -0.05) is 19.9 Å². The van der Waals surface area contributed by atoms with Gasteiger partial charge in [-0.3, -0.25) is 0 Å². The van der Waals surface area contributed by atoms with Crippen molar-refractivity contribution >= 4 is 5.52 Å². The number of halogens is 1. The number of aromatic nitrogens is 2. The van der Waals surface area contributed by atoms with E-state index in [1.54, 1.807) is 0 Å². The second kappa shape index (κ2) is 5.32. The Balaban J connectivity index is 0.00000128. The second-order valence-corrected chi connectivity index (χ2v) is 4.22. The smallest absolute Gasteiger partial charge is 0.249 e. The topological polar surface area (TPSA) is 28.5 Å². The van der Waals surface area contributed by atoms with Gasteiger partial charge in [0.25, 0.3) is 0 Å². The number of aliphatic hydroxyl groups is 1. The van der Waals surface area contributed by atoms with Gasteiger partial charge in [0.05, 0.1) is 12.8 Å². The SMILES string of the molecule is CC(C)[C@@H](CO)[n+]1cc2ccccn2c1.[Cl-]. The summed E-state index contributed by atoms with van der Waals surface area (Å²) in [6, 6.07) is 6.24. The van der Waals surface area contributed by atoms with Gasteiger partial charge in [0.15, 0.2) is 5.52 Å². The molecule has 16 heavy (non-hydrogen) atoms. The van der Waals surface area contributed by atoms with E-state index >= 15 is 0 Å². The summed E-state index contributed by atoms with van der Waals surface area (Å²) in [6.45, 7) is 4.42. The molecular weight excluding hydrogens is 224 g/mol. The molecule has 0 aromatic carbocycles. The molecule has 0 bridgehead atoms. The van der Waals surface area contributed by atoms with Crippen LogP contribution in [0.5, 0.6) is 0 Å². The summed E-state index contributed by atoms with van der Waals surface area (Å²) in [5, 5.41) is 9.34. The van der Waals surface area contributed by atoms with E-state index in [-0.39, 0.29) is 25.1 Å². The molecule has 0 saturated carbocycles. The molecule has 2 rings (SSSR count). The minimum Gasteiger partial charge on any atom is -1.00 e. The zero-order valence-electron chi connectivity index (χ0n) is 9.55. The third kappa shape index (κ3) is 2.36. The molecule has 0 saturated heterocycles. The van der Waals surface area contributed by atoms with Crippen molar-refractivity contribution in [1.29, 1.82) is 0 Å². The molecule has 0 aliphatic rings. The quantitative estimate of drug-likeness (QED) is 0.645. The van der Waals surface area contributed by atoms with Crippen molar-refractivity contribution in [2.45, 2.75) is 19.9 Å². The maximum atomic E-state index is 9.34. The first-order valence-electron chi connectivity index (χ1n) is 5.30. The van der Waals surface area contributed by atoms with Crippen molar-refractivity contribution in [3.8, 4) is 0 Å². The lowest BCUT2D eigenvalue weighted by Gasteiger charge is -2.13. The summed E-state index contributed by atoms with van der Waals surface area (Å²) >= 11 is 0. The van der Waals surface area contributed by atoms with Crippen LogP contribution in [-0.2, 0) is 0 Å². The Bertz CT molecular complexity index is 420. The minimum absolute atomic E-state index is 0. The van der Waals surface area contributed by atoms with E-state index in [4.69, 9.17) is 0 Å². The molecule has 2 heterocycles. The Kier molecular flexibility index (Phi) is 4.33. The molecule has 0 unspecified atom stereocenters. The number of pyridine rings is 1. The van der Waals surface area contributed by atoms with Crippen molar-refractivity contribution < 1.29 is 22.1 Å². The lowest BCUT2D eigenvalue weighted by Crippen LogP contribution is -3.00. The highest BCUT2D eigenvalue weighted by Gasteiger charge is 2.20. The van der Waals surface area contributed by atoms with Crippen LogP contribution < -0.4 is 17.0 Å². The standard InChI is InChI=1S/C12H17N2O.ClH/c1-10(2)12(8-15)14-7-11-5-3-4-6-13(11)9-14;/h3-7,9-10,12,15H,8H2,1-2H3;1H/q+1;/p-1/t12-;/m1./s1. The fourth-order valence-corrected chi connectivity index (χ4v) is 1.84. The molecule has 88 valence electrons. The molecule has 2 aromatic rings. The van der Waals surface area contributed by atoms with E-state index in [1.807, 2.05) is 24.7 Å². The number of imidazole rings is 1. The number of hydrogen-bond acceptors (Lipinski definition) is 1. The zero-order chi connectivity index (χ0) is 10.8. The van der Waals surface area contributed by atoms with Crippen molar-refractivity contribution in [3.63, 3.8) is 0 Å². The van der Waals surface area contributed by atoms with Crippen molar-refractivity contribution in [2.24, 2.45) is 5.92 Å². The predicted molar refractivity (Wildman–Crippen MR) is 58.6 cm³/mol. The normalized spacial score (nSPS) is 12.8. The largest absolute Gasteiger partial charge is 1.00 e. The highest BCUT2D eigenvalue weighted by Crippen LogP contribution is 2.11. The van der Waals surface area contributed by atoms with E-state index in [2.05, 4.69) is 35.1 Å². The van der Waals surface area contributed by atoms with Crippen molar-refractivity contribution in [1.82, 2.24) is 4.40 Å². The van der Waals surface area contributed by atoms with E-state index in [1.165, 1.54) is 0 Å². The van der Waals surface area contributed by atoms with Gasteiger partial charge in [0, 0.05) is 0 Å². The third-order valence-corrected chi connectivity index (χ3v) is 2.80. The van der Waals surface area contributed by atoms with E-state index < -0.39 is 0 Å². The zero-order valence-corrected chi connectivity index (χ0v) is 10.3. The summed E-state index contributed by atoms with van der Waals surface area (Å²) in [4.78, 5) is 0. The maximum Gasteiger partial charge on any atom is 0.249 e. The summed E-state index contributed by atoms with van der Waals surface area (Å²) in [6.07, 6.45) is 6.11. The number of aliphatic hydroxyl groups excluding tert-OH is 1. The van der Waals surface area contributed by atoms with Crippen molar-refractivity contribution in [3.05, 3.63) is 36.9 Å². The number of hydrogen-bond donors (Lipinski definition) is 1. The Morgan fingerprint density at radius 3 is 2.69 bits per heavy atom. The van der Waals surface area contributed by atoms with Crippen LogP contribution in [0.1, 0.15) is 19.9 Å². The number of rotatable bonds is 3. The molecule has 0 fully saturated rings. The third-order valence-electron chi connectivity index (χ3n) is 2.80. The molecule has 3 nitrogen and oxygen atoms in total. The molecule has 0 aliphatic carbocycles. The molecule has 1 N–H and O–H groups in total. The average Bonchev–Trinajstić information content (AvgIpc) is 2.61. The van der Waals surface area contributed by atoms with Gasteiger partial charge < -0.3 is 17.5 Å². The Morgan fingerprint density at radius 1 is 1.38 bits per heavy atom. The Morgan fingerprint density at radius 2 is 2.12 bits per heavy atom. The number of nitrogens with zero attached hydrogens (tertiary/aromatic N) is 2. The van der Waals surface area contributed by atoms with E-state index in [0.29, 0.717) is 5.92 Å². The second-order valence-electron chi connectivity index (χ2n) is 4.22. The molecule has 4 heteroatoms. The first-order chi connectivity index (χ1) is 7.22.